The summed E-state index contributed by atoms with van der Waals surface area (Å²) in [7, 11) is -0.410. The third kappa shape index (κ3) is 3.80. The van der Waals surface area contributed by atoms with E-state index in [-0.39, 0.29) is 5.91 Å². The molecule has 148 valence electrons. The Morgan fingerprint density at radius 3 is 2.41 bits per heavy atom. The summed E-state index contributed by atoms with van der Waals surface area (Å²) < 4.78 is 34.5. The summed E-state index contributed by atoms with van der Waals surface area (Å²) in [5.74, 6) is 0.772. The SMILES string of the molecule is Cc1cc(C(=O)N2CCN(S(=O)(=O)N(C)C)CC2)c(C)n1Cc1ccco1. The molecule has 1 fully saturated rings. The fourth-order valence-electron chi connectivity index (χ4n) is 3.34. The molecule has 0 radical (unpaired) electrons. The predicted octanol–water partition coefficient (Wildman–Crippen LogP) is 1.31. The Kier molecular flexibility index (Phi) is 5.45. The number of furan rings is 1. The van der Waals surface area contributed by atoms with Crippen LogP contribution in [0, 0.1) is 13.8 Å². The lowest BCUT2D eigenvalue weighted by atomic mass is 10.2. The minimum atomic E-state index is -3.44. The number of carbonyl (C=O) groups is 1. The van der Waals surface area contributed by atoms with E-state index in [1.165, 1.54) is 22.7 Å². The molecule has 3 heterocycles. The maximum absolute atomic E-state index is 13.0. The van der Waals surface area contributed by atoms with Crippen LogP contribution in [0.2, 0.25) is 0 Å². The van der Waals surface area contributed by atoms with E-state index in [4.69, 9.17) is 4.42 Å². The Bertz CT molecular complexity index is 908. The monoisotopic (exact) mass is 394 g/mol. The molecule has 0 atom stereocenters. The van der Waals surface area contributed by atoms with Crippen LogP contribution in [0.5, 0.6) is 0 Å². The summed E-state index contributed by atoms with van der Waals surface area (Å²) in [6.07, 6.45) is 1.64. The van der Waals surface area contributed by atoms with E-state index in [2.05, 4.69) is 4.57 Å². The molecule has 1 aliphatic rings. The number of carbonyl (C=O) groups excluding carboxylic acids is 1. The zero-order valence-corrected chi connectivity index (χ0v) is 17.0. The van der Waals surface area contributed by atoms with E-state index in [9.17, 15) is 13.2 Å². The average molecular weight is 394 g/mol. The molecule has 1 saturated heterocycles. The van der Waals surface area contributed by atoms with Gasteiger partial charge in [-0.05, 0) is 32.0 Å². The second-order valence-electron chi connectivity index (χ2n) is 6.93. The molecule has 27 heavy (non-hydrogen) atoms. The number of aryl methyl sites for hydroxylation is 1. The molecule has 0 aliphatic carbocycles. The van der Waals surface area contributed by atoms with Crippen molar-refractivity contribution in [1.29, 1.82) is 0 Å². The van der Waals surface area contributed by atoms with Crippen LogP contribution in [0.25, 0.3) is 0 Å². The van der Waals surface area contributed by atoms with Crippen molar-refractivity contribution in [1.82, 2.24) is 18.1 Å². The summed E-state index contributed by atoms with van der Waals surface area (Å²) in [5.41, 5.74) is 2.53. The van der Waals surface area contributed by atoms with Crippen molar-refractivity contribution in [2.75, 3.05) is 40.3 Å². The molecule has 3 rings (SSSR count). The lowest BCUT2D eigenvalue weighted by Gasteiger charge is -2.35. The minimum Gasteiger partial charge on any atom is -0.467 e. The molecule has 0 bridgehead atoms. The van der Waals surface area contributed by atoms with Crippen LogP contribution in [0.4, 0.5) is 0 Å². The van der Waals surface area contributed by atoms with Crippen LogP contribution < -0.4 is 0 Å². The molecule has 2 aromatic rings. The van der Waals surface area contributed by atoms with Gasteiger partial charge >= 0.3 is 0 Å². The van der Waals surface area contributed by atoms with Crippen LogP contribution in [0.1, 0.15) is 27.5 Å². The van der Waals surface area contributed by atoms with Crippen molar-refractivity contribution in [3.63, 3.8) is 0 Å². The molecule has 1 aliphatic heterocycles. The Morgan fingerprint density at radius 1 is 1.19 bits per heavy atom. The minimum absolute atomic E-state index is 0.0595. The smallest absolute Gasteiger partial charge is 0.281 e. The number of rotatable bonds is 5. The third-order valence-electron chi connectivity index (χ3n) is 5.01. The Balaban J connectivity index is 1.72. The van der Waals surface area contributed by atoms with Gasteiger partial charge < -0.3 is 13.9 Å². The maximum Gasteiger partial charge on any atom is 0.281 e. The largest absolute Gasteiger partial charge is 0.467 e. The van der Waals surface area contributed by atoms with Crippen molar-refractivity contribution < 1.29 is 17.6 Å². The first-order valence-electron chi connectivity index (χ1n) is 8.88. The lowest BCUT2D eigenvalue weighted by Crippen LogP contribution is -2.53. The second kappa shape index (κ2) is 7.49. The van der Waals surface area contributed by atoms with Crippen LogP contribution in [0.15, 0.2) is 28.9 Å². The topological polar surface area (TPSA) is 79.0 Å². The second-order valence-corrected chi connectivity index (χ2v) is 9.07. The number of amides is 1. The van der Waals surface area contributed by atoms with Gasteiger partial charge in [0.25, 0.3) is 16.1 Å². The highest BCUT2D eigenvalue weighted by molar-refractivity contribution is 7.86. The molecule has 0 aromatic carbocycles. The van der Waals surface area contributed by atoms with Crippen LogP contribution in [-0.2, 0) is 16.8 Å². The molecule has 0 unspecified atom stereocenters. The van der Waals surface area contributed by atoms with Gasteiger partial charge in [0.05, 0.1) is 18.4 Å². The quantitative estimate of drug-likeness (QED) is 0.766. The zero-order valence-electron chi connectivity index (χ0n) is 16.2. The van der Waals surface area contributed by atoms with Gasteiger partial charge in [-0.25, -0.2) is 0 Å². The highest BCUT2D eigenvalue weighted by atomic mass is 32.2. The van der Waals surface area contributed by atoms with Gasteiger partial charge in [-0.1, -0.05) is 0 Å². The van der Waals surface area contributed by atoms with E-state index in [0.717, 1.165) is 17.1 Å². The van der Waals surface area contributed by atoms with E-state index in [0.29, 0.717) is 38.3 Å². The van der Waals surface area contributed by atoms with E-state index in [1.54, 1.807) is 11.2 Å². The van der Waals surface area contributed by atoms with Crippen LogP contribution in [0.3, 0.4) is 0 Å². The van der Waals surface area contributed by atoms with Crippen LogP contribution >= 0.6 is 0 Å². The first kappa shape index (κ1) is 19.7. The molecular weight excluding hydrogens is 368 g/mol. The Labute approximate surface area is 160 Å². The number of aromatic nitrogens is 1. The summed E-state index contributed by atoms with van der Waals surface area (Å²) >= 11 is 0. The van der Waals surface area contributed by atoms with Gasteiger partial charge in [-0.3, -0.25) is 4.79 Å². The van der Waals surface area contributed by atoms with Gasteiger partial charge in [0.1, 0.15) is 5.76 Å². The molecule has 1 amide bonds. The van der Waals surface area contributed by atoms with Crippen molar-refractivity contribution >= 4 is 16.1 Å². The molecule has 8 nitrogen and oxygen atoms in total. The first-order chi connectivity index (χ1) is 12.7. The fourth-order valence-corrected chi connectivity index (χ4v) is 4.43. The van der Waals surface area contributed by atoms with E-state index in [1.807, 2.05) is 32.0 Å². The molecule has 2 aromatic heterocycles. The standard InChI is InChI=1S/C18H26N4O4S/c1-14-12-17(15(2)22(14)13-16-6-5-11-26-16)18(23)20-7-9-21(10-8-20)27(24,25)19(3)4/h5-6,11-12H,7-10,13H2,1-4H3. The first-order valence-corrected chi connectivity index (χ1v) is 10.3. The number of nitrogens with zero attached hydrogens (tertiary/aromatic N) is 4. The van der Waals surface area contributed by atoms with Crippen molar-refractivity contribution in [2.45, 2.75) is 20.4 Å². The van der Waals surface area contributed by atoms with Crippen LogP contribution in [-0.4, -0.2) is 72.7 Å². The zero-order chi connectivity index (χ0) is 19.8. The Hall–Kier alpha value is -2.10. The maximum atomic E-state index is 13.0. The van der Waals surface area contributed by atoms with E-state index < -0.39 is 10.2 Å². The van der Waals surface area contributed by atoms with Gasteiger partial charge in [0.15, 0.2) is 0 Å². The summed E-state index contributed by atoms with van der Waals surface area (Å²) in [5, 5.41) is 0. The predicted molar refractivity (Wildman–Crippen MR) is 102 cm³/mol. The Morgan fingerprint density at radius 2 is 1.85 bits per heavy atom. The summed E-state index contributed by atoms with van der Waals surface area (Å²) in [6.45, 7) is 5.84. The van der Waals surface area contributed by atoms with E-state index >= 15 is 0 Å². The van der Waals surface area contributed by atoms with Crippen molar-refractivity contribution in [2.24, 2.45) is 0 Å². The molecule has 9 heteroatoms. The molecule has 0 N–H and O–H groups in total. The van der Waals surface area contributed by atoms with Gasteiger partial charge in [0.2, 0.25) is 0 Å². The summed E-state index contributed by atoms with van der Waals surface area (Å²) in [6, 6.07) is 5.64. The lowest BCUT2D eigenvalue weighted by molar-refractivity contribution is 0.0694. The normalized spacial score (nSPS) is 16.3. The van der Waals surface area contributed by atoms with Gasteiger partial charge in [-0.2, -0.15) is 17.0 Å². The van der Waals surface area contributed by atoms with Gasteiger partial charge in [0, 0.05) is 51.7 Å². The summed E-state index contributed by atoms with van der Waals surface area (Å²) in [4.78, 5) is 14.7. The molecule has 0 saturated carbocycles. The highest BCUT2D eigenvalue weighted by Gasteiger charge is 2.31. The third-order valence-corrected chi connectivity index (χ3v) is 6.95. The number of hydrogen-bond acceptors (Lipinski definition) is 4. The highest BCUT2D eigenvalue weighted by Crippen LogP contribution is 2.20. The van der Waals surface area contributed by atoms with Gasteiger partial charge in [-0.15, -0.1) is 0 Å². The molecular formula is C18H26N4O4S. The number of piperazine rings is 1. The number of hydrogen-bond donors (Lipinski definition) is 0. The average Bonchev–Trinajstić information content (AvgIpc) is 3.25. The molecule has 0 spiro atoms. The fraction of sp³-hybridized carbons (Fsp3) is 0.500. The van der Waals surface area contributed by atoms with Crippen molar-refractivity contribution in [3.05, 3.63) is 47.2 Å². The van der Waals surface area contributed by atoms with Crippen molar-refractivity contribution in [3.8, 4) is 0 Å².